The van der Waals surface area contributed by atoms with E-state index in [-0.39, 0.29) is 23.5 Å². The highest BCUT2D eigenvalue weighted by Crippen LogP contribution is 2.22. The Morgan fingerprint density at radius 1 is 1.45 bits per heavy atom. The summed E-state index contributed by atoms with van der Waals surface area (Å²) >= 11 is 0. The van der Waals surface area contributed by atoms with Gasteiger partial charge in [-0.1, -0.05) is 6.92 Å². The molecular formula is C11H14N4O4S. The number of nitro groups is 1. The summed E-state index contributed by atoms with van der Waals surface area (Å²) in [5, 5.41) is 22.3. The van der Waals surface area contributed by atoms with E-state index in [0.29, 0.717) is 12.2 Å². The van der Waals surface area contributed by atoms with Gasteiger partial charge in [-0.15, -0.1) is 0 Å². The molecule has 0 aliphatic carbocycles. The predicted molar refractivity (Wildman–Crippen MR) is 73.8 cm³/mol. The molecule has 0 saturated carbocycles. The number of benzene rings is 1. The molecule has 20 heavy (non-hydrogen) atoms. The Kier molecular flexibility index (Phi) is 5.42. The van der Waals surface area contributed by atoms with Crippen LogP contribution in [-0.4, -0.2) is 32.2 Å². The molecule has 0 fully saturated rings. The summed E-state index contributed by atoms with van der Waals surface area (Å²) in [6.45, 7) is 2.10. The second-order valence-corrected chi connectivity index (χ2v) is 5.77. The molecule has 0 bridgehead atoms. The van der Waals surface area contributed by atoms with E-state index < -0.39 is 14.9 Å². The van der Waals surface area contributed by atoms with Crippen molar-refractivity contribution in [3.8, 4) is 6.07 Å². The number of hydrogen-bond donors (Lipinski definition) is 2. The third-order valence-corrected chi connectivity index (χ3v) is 3.85. The van der Waals surface area contributed by atoms with Gasteiger partial charge in [-0.3, -0.25) is 10.1 Å². The van der Waals surface area contributed by atoms with Crippen LogP contribution in [0.15, 0.2) is 18.2 Å². The molecule has 9 heteroatoms. The highest BCUT2D eigenvalue weighted by Gasteiger charge is 2.14. The van der Waals surface area contributed by atoms with Crippen LogP contribution in [0.2, 0.25) is 0 Å². The topological polar surface area (TPSA) is 125 Å². The molecule has 108 valence electrons. The highest BCUT2D eigenvalue weighted by atomic mass is 32.2. The van der Waals surface area contributed by atoms with E-state index in [1.807, 2.05) is 0 Å². The highest BCUT2D eigenvalue weighted by molar-refractivity contribution is 7.89. The first-order chi connectivity index (χ1) is 9.39. The lowest BCUT2D eigenvalue weighted by atomic mass is 10.2. The van der Waals surface area contributed by atoms with Gasteiger partial charge in [-0.05, 0) is 12.1 Å². The summed E-state index contributed by atoms with van der Waals surface area (Å²) < 4.78 is 25.1. The fraction of sp³-hybridized carbons (Fsp3) is 0.364. The molecule has 0 saturated heterocycles. The van der Waals surface area contributed by atoms with Crippen LogP contribution < -0.4 is 10.0 Å². The number of nitro benzene ring substituents is 1. The molecule has 0 aromatic heterocycles. The zero-order valence-corrected chi connectivity index (χ0v) is 11.6. The van der Waals surface area contributed by atoms with Crippen LogP contribution in [0.3, 0.4) is 0 Å². The molecule has 2 N–H and O–H groups in total. The third kappa shape index (κ3) is 4.49. The van der Waals surface area contributed by atoms with Crippen LogP contribution in [0.4, 0.5) is 11.4 Å². The summed E-state index contributed by atoms with van der Waals surface area (Å²) in [5.74, 6) is -0.144. The van der Waals surface area contributed by atoms with Gasteiger partial charge in [-0.2, -0.15) is 5.26 Å². The van der Waals surface area contributed by atoms with Gasteiger partial charge in [0, 0.05) is 24.8 Å². The number of hydrogen-bond acceptors (Lipinski definition) is 6. The van der Waals surface area contributed by atoms with E-state index in [1.54, 1.807) is 13.0 Å². The number of nitriles is 1. The van der Waals surface area contributed by atoms with Crippen LogP contribution in [0.25, 0.3) is 0 Å². The zero-order valence-electron chi connectivity index (χ0n) is 10.8. The molecule has 1 rings (SSSR count). The van der Waals surface area contributed by atoms with Crippen LogP contribution in [0.1, 0.15) is 12.5 Å². The van der Waals surface area contributed by atoms with Gasteiger partial charge >= 0.3 is 0 Å². The predicted octanol–water partition coefficient (Wildman–Crippen LogP) is 0.818. The van der Waals surface area contributed by atoms with Gasteiger partial charge in [0.2, 0.25) is 10.0 Å². The maximum absolute atomic E-state index is 11.4. The maximum Gasteiger partial charge on any atom is 0.289 e. The van der Waals surface area contributed by atoms with Crippen LogP contribution in [-0.2, 0) is 10.0 Å². The van der Waals surface area contributed by atoms with E-state index in [9.17, 15) is 18.5 Å². The Bertz CT molecular complexity index is 636. The largest absolute Gasteiger partial charge is 0.384 e. The number of nitrogens with one attached hydrogen (secondary N) is 2. The summed E-state index contributed by atoms with van der Waals surface area (Å²) in [5.41, 5.74) is 0.0373. The van der Waals surface area contributed by atoms with E-state index in [2.05, 4.69) is 10.0 Å². The zero-order chi connectivity index (χ0) is 15.2. The standard InChI is InChI=1S/C11H14N4O4S/c1-2-14-20(18,19)6-5-13-10-4-3-9(8-12)11(7-10)15(16)17/h3-4,7,13-14H,2,5-6H2,1H3. The smallest absolute Gasteiger partial charge is 0.289 e. The Labute approximate surface area is 116 Å². The monoisotopic (exact) mass is 298 g/mol. The van der Waals surface area contributed by atoms with Crippen molar-refractivity contribution in [2.45, 2.75) is 6.92 Å². The van der Waals surface area contributed by atoms with E-state index in [1.165, 1.54) is 18.2 Å². The third-order valence-electron chi connectivity index (χ3n) is 2.38. The first-order valence-corrected chi connectivity index (χ1v) is 7.44. The fourth-order valence-electron chi connectivity index (χ4n) is 1.51. The Morgan fingerprint density at radius 3 is 2.70 bits per heavy atom. The molecule has 1 aromatic rings. The number of sulfonamides is 1. The van der Waals surface area contributed by atoms with Gasteiger partial charge in [0.1, 0.15) is 11.6 Å². The fourth-order valence-corrected chi connectivity index (χ4v) is 2.46. The van der Waals surface area contributed by atoms with Crippen molar-refractivity contribution in [3.05, 3.63) is 33.9 Å². The summed E-state index contributed by atoms with van der Waals surface area (Å²) in [4.78, 5) is 10.1. The number of nitrogens with zero attached hydrogens (tertiary/aromatic N) is 2. The lowest BCUT2D eigenvalue weighted by molar-refractivity contribution is -0.385. The average molecular weight is 298 g/mol. The Balaban J connectivity index is 2.73. The number of rotatable bonds is 7. The molecule has 0 amide bonds. The van der Waals surface area contributed by atoms with E-state index in [0.717, 1.165) is 0 Å². The summed E-state index contributed by atoms with van der Waals surface area (Å²) in [7, 11) is -3.34. The van der Waals surface area contributed by atoms with Crippen molar-refractivity contribution in [1.82, 2.24) is 4.72 Å². The molecule has 0 atom stereocenters. The van der Waals surface area contributed by atoms with Gasteiger partial charge in [0.15, 0.2) is 0 Å². The molecule has 0 unspecified atom stereocenters. The second-order valence-electron chi connectivity index (χ2n) is 3.84. The van der Waals surface area contributed by atoms with E-state index >= 15 is 0 Å². The molecule has 0 spiro atoms. The average Bonchev–Trinajstić information content (AvgIpc) is 2.38. The molecule has 0 aliphatic rings. The number of anilines is 1. The van der Waals surface area contributed by atoms with Gasteiger partial charge in [0.25, 0.3) is 5.69 Å². The van der Waals surface area contributed by atoms with Gasteiger partial charge < -0.3 is 5.32 Å². The van der Waals surface area contributed by atoms with Gasteiger partial charge in [0.05, 0.1) is 10.7 Å². The van der Waals surface area contributed by atoms with Crippen LogP contribution in [0, 0.1) is 21.4 Å². The summed E-state index contributed by atoms with van der Waals surface area (Å²) in [6.07, 6.45) is 0. The first kappa shape index (κ1) is 15.9. The minimum Gasteiger partial charge on any atom is -0.384 e. The Hall–Kier alpha value is -2.18. The van der Waals surface area contributed by atoms with Crippen molar-refractivity contribution < 1.29 is 13.3 Å². The summed E-state index contributed by atoms with van der Waals surface area (Å²) in [6, 6.07) is 5.74. The molecule has 0 aliphatic heterocycles. The maximum atomic E-state index is 11.4. The van der Waals surface area contributed by atoms with E-state index in [4.69, 9.17) is 5.26 Å². The molecule has 0 radical (unpaired) electrons. The Morgan fingerprint density at radius 2 is 2.15 bits per heavy atom. The molecule has 8 nitrogen and oxygen atoms in total. The molecular weight excluding hydrogens is 284 g/mol. The van der Waals surface area contributed by atoms with Gasteiger partial charge in [-0.25, -0.2) is 13.1 Å². The lowest BCUT2D eigenvalue weighted by Crippen LogP contribution is -2.29. The van der Waals surface area contributed by atoms with Crippen molar-refractivity contribution in [2.75, 3.05) is 24.2 Å². The SMILES string of the molecule is CCNS(=O)(=O)CCNc1ccc(C#N)c([N+](=O)[O-])c1. The quantitative estimate of drug-likeness (QED) is 0.567. The van der Waals surface area contributed by atoms with Crippen LogP contribution in [0.5, 0.6) is 0 Å². The first-order valence-electron chi connectivity index (χ1n) is 5.79. The van der Waals surface area contributed by atoms with Crippen molar-refractivity contribution in [3.63, 3.8) is 0 Å². The van der Waals surface area contributed by atoms with Crippen LogP contribution >= 0.6 is 0 Å². The van der Waals surface area contributed by atoms with Crippen molar-refractivity contribution >= 4 is 21.4 Å². The minimum atomic E-state index is -3.34. The van der Waals surface area contributed by atoms with Crippen molar-refractivity contribution in [1.29, 1.82) is 5.26 Å². The molecule has 0 heterocycles. The second kappa shape index (κ2) is 6.83. The lowest BCUT2D eigenvalue weighted by Gasteiger charge is -2.07. The van der Waals surface area contributed by atoms with Crippen molar-refractivity contribution in [2.24, 2.45) is 0 Å². The minimum absolute atomic E-state index is 0.0409. The normalized spacial score (nSPS) is 10.8. The molecule has 1 aromatic carbocycles.